The van der Waals surface area contributed by atoms with Crippen molar-refractivity contribution in [2.75, 3.05) is 0 Å². The van der Waals surface area contributed by atoms with Crippen molar-refractivity contribution in [1.29, 1.82) is 0 Å². The Morgan fingerprint density at radius 2 is 2.06 bits per heavy atom. The van der Waals surface area contributed by atoms with E-state index in [0.29, 0.717) is 5.02 Å². The van der Waals surface area contributed by atoms with E-state index in [0.717, 1.165) is 11.4 Å². The highest BCUT2D eigenvalue weighted by Gasteiger charge is 2.09. The van der Waals surface area contributed by atoms with Crippen LogP contribution in [0, 0.1) is 0 Å². The lowest BCUT2D eigenvalue weighted by atomic mass is 10.1. The maximum absolute atomic E-state index is 11.4. The molecule has 1 aromatic heterocycles. The van der Waals surface area contributed by atoms with E-state index in [9.17, 15) is 4.79 Å². The molecule has 0 aliphatic rings. The predicted molar refractivity (Wildman–Crippen MR) is 65.5 cm³/mol. The van der Waals surface area contributed by atoms with Crippen LogP contribution in [0.1, 0.15) is 25.5 Å². The highest BCUT2D eigenvalue weighted by molar-refractivity contribution is 6.30. The molecule has 1 N–H and O–H groups in total. The summed E-state index contributed by atoms with van der Waals surface area (Å²) in [4.78, 5) is 11.4. The van der Waals surface area contributed by atoms with Gasteiger partial charge in [0.15, 0.2) is 0 Å². The quantitative estimate of drug-likeness (QED) is 0.855. The molecule has 0 amide bonds. The number of nitrogens with one attached hydrogen (secondary N) is 1. The highest BCUT2D eigenvalue weighted by atomic mass is 35.5. The molecular weight excluding hydrogens is 224 g/mol. The lowest BCUT2D eigenvalue weighted by molar-refractivity contribution is 0.731. The van der Waals surface area contributed by atoms with Crippen molar-refractivity contribution in [3.8, 4) is 5.69 Å². The summed E-state index contributed by atoms with van der Waals surface area (Å²) in [6.07, 6.45) is 0. The van der Waals surface area contributed by atoms with Crippen LogP contribution < -0.4 is 5.56 Å². The van der Waals surface area contributed by atoms with Crippen molar-refractivity contribution < 1.29 is 0 Å². The van der Waals surface area contributed by atoms with Crippen LogP contribution in [-0.2, 0) is 0 Å². The van der Waals surface area contributed by atoms with Gasteiger partial charge in [-0.25, -0.2) is 0 Å². The molecule has 0 aliphatic carbocycles. The van der Waals surface area contributed by atoms with E-state index < -0.39 is 0 Å². The molecule has 0 saturated heterocycles. The Kier molecular flexibility index (Phi) is 2.88. The number of benzene rings is 1. The third kappa shape index (κ3) is 2.04. The van der Waals surface area contributed by atoms with Crippen molar-refractivity contribution >= 4 is 11.6 Å². The van der Waals surface area contributed by atoms with Crippen LogP contribution in [0.4, 0.5) is 0 Å². The van der Waals surface area contributed by atoms with E-state index in [-0.39, 0.29) is 11.5 Å². The third-order valence-corrected chi connectivity index (χ3v) is 2.65. The maximum Gasteiger partial charge on any atom is 0.264 e. The summed E-state index contributed by atoms with van der Waals surface area (Å²) in [5, 5.41) is 3.43. The fraction of sp³-hybridized carbons (Fsp3) is 0.250. The number of hydrogen-bond acceptors (Lipinski definition) is 1. The van der Waals surface area contributed by atoms with Crippen LogP contribution >= 0.6 is 11.6 Å². The normalized spacial score (nSPS) is 11.0. The van der Waals surface area contributed by atoms with Gasteiger partial charge in [0, 0.05) is 16.8 Å². The molecule has 16 heavy (non-hydrogen) atoms. The summed E-state index contributed by atoms with van der Waals surface area (Å²) in [5.41, 5.74) is 1.73. The van der Waals surface area contributed by atoms with E-state index in [4.69, 9.17) is 11.6 Å². The highest BCUT2D eigenvalue weighted by Crippen LogP contribution is 2.19. The average molecular weight is 237 g/mol. The minimum Gasteiger partial charge on any atom is -0.268 e. The van der Waals surface area contributed by atoms with Crippen LogP contribution in [0.5, 0.6) is 0 Å². The molecule has 1 aromatic carbocycles. The fourth-order valence-electron chi connectivity index (χ4n) is 1.66. The zero-order valence-electron chi connectivity index (χ0n) is 9.20. The maximum atomic E-state index is 11.4. The number of aromatic amines is 1. The van der Waals surface area contributed by atoms with Crippen molar-refractivity contribution in [2.45, 2.75) is 19.8 Å². The smallest absolute Gasteiger partial charge is 0.264 e. The first-order chi connectivity index (χ1) is 7.58. The van der Waals surface area contributed by atoms with E-state index in [1.165, 1.54) is 0 Å². The zero-order valence-corrected chi connectivity index (χ0v) is 9.95. The second-order valence-corrected chi connectivity index (χ2v) is 4.45. The standard InChI is InChI=1S/C12H13ClN2O/c1-8(2)11-7-12(16)14-15(11)10-5-3-4-9(13)6-10/h3-8H,1-2H3,(H,14,16). The first-order valence-electron chi connectivity index (χ1n) is 5.16. The molecular formula is C12H13ClN2O. The minimum absolute atomic E-state index is 0.0938. The second kappa shape index (κ2) is 4.18. The third-order valence-electron chi connectivity index (χ3n) is 2.42. The summed E-state index contributed by atoms with van der Waals surface area (Å²) in [6, 6.07) is 9.02. The number of H-pyrrole nitrogens is 1. The molecule has 0 radical (unpaired) electrons. The van der Waals surface area contributed by atoms with Crippen molar-refractivity contribution in [1.82, 2.24) is 9.78 Å². The van der Waals surface area contributed by atoms with Crippen molar-refractivity contribution in [3.05, 3.63) is 51.4 Å². The SMILES string of the molecule is CC(C)c1cc(=O)[nH]n1-c1cccc(Cl)c1. The Morgan fingerprint density at radius 1 is 1.31 bits per heavy atom. The van der Waals surface area contributed by atoms with Crippen LogP contribution in [0.3, 0.4) is 0 Å². The Bertz CT molecular complexity index is 554. The number of rotatable bonds is 2. The minimum atomic E-state index is -0.0938. The summed E-state index contributed by atoms with van der Waals surface area (Å²) in [5.74, 6) is 0.276. The van der Waals surface area contributed by atoms with Gasteiger partial charge in [0.25, 0.3) is 5.56 Å². The van der Waals surface area contributed by atoms with Crippen molar-refractivity contribution in [2.24, 2.45) is 0 Å². The van der Waals surface area contributed by atoms with Crippen LogP contribution in [0.15, 0.2) is 35.1 Å². The molecule has 1 heterocycles. The molecule has 0 saturated carbocycles. The van der Waals surface area contributed by atoms with Gasteiger partial charge in [-0.2, -0.15) is 0 Å². The van der Waals surface area contributed by atoms with Gasteiger partial charge in [-0.05, 0) is 24.1 Å². The Morgan fingerprint density at radius 3 is 2.69 bits per heavy atom. The summed E-state index contributed by atoms with van der Waals surface area (Å²) in [7, 11) is 0. The van der Waals surface area contributed by atoms with Crippen LogP contribution in [0.25, 0.3) is 5.69 Å². The predicted octanol–water partition coefficient (Wildman–Crippen LogP) is 2.94. The van der Waals surface area contributed by atoms with Crippen LogP contribution in [-0.4, -0.2) is 9.78 Å². The molecule has 0 fully saturated rings. The van der Waals surface area contributed by atoms with Crippen LogP contribution in [0.2, 0.25) is 5.02 Å². The summed E-state index contributed by atoms with van der Waals surface area (Å²) in [6.45, 7) is 4.09. The average Bonchev–Trinajstić information content (AvgIpc) is 2.60. The summed E-state index contributed by atoms with van der Waals surface area (Å²) < 4.78 is 1.78. The van der Waals surface area contributed by atoms with Gasteiger partial charge in [0.1, 0.15) is 0 Å². The molecule has 2 aromatic rings. The number of nitrogens with zero attached hydrogens (tertiary/aromatic N) is 1. The first kappa shape index (κ1) is 11.0. The van der Waals surface area contributed by atoms with E-state index in [2.05, 4.69) is 5.10 Å². The summed E-state index contributed by atoms with van der Waals surface area (Å²) >= 11 is 5.93. The number of hydrogen-bond donors (Lipinski definition) is 1. The van der Waals surface area contributed by atoms with Crippen molar-refractivity contribution in [3.63, 3.8) is 0 Å². The lowest BCUT2D eigenvalue weighted by Crippen LogP contribution is -2.06. The number of halogens is 1. The van der Waals surface area contributed by atoms with Gasteiger partial charge in [0.2, 0.25) is 0 Å². The van der Waals surface area contributed by atoms with Gasteiger partial charge in [-0.3, -0.25) is 14.6 Å². The second-order valence-electron chi connectivity index (χ2n) is 4.02. The van der Waals surface area contributed by atoms with Gasteiger partial charge < -0.3 is 0 Å². The Labute approximate surface area is 98.7 Å². The number of aromatic nitrogens is 2. The van der Waals surface area contributed by atoms with Gasteiger partial charge >= 0.3 is 0 Å². The molecule has 84 valence electrons. The molecule has 0 unspecified atom stereocenters. The van der Waals surface area contributed by atoms with E-state index >= 15 is 0 Å². The molecule has 0 aliphatic heterocycles. The zero-order chi connectivity index (χ0) is 11.7. The van der Waals surface area contributed by atoms with E-state index in [1.807, 2.05) is 38.1 Å². The molecule has 4 heteroatoms. The lowest BCUT2D eigenvalue weighted by Gasteiger charge is -2.10. The van der Waals surface area contributed by atoms with Gasteiger partial charge in [0.05, 0.1) is 5.69 Å². The molecule has 0 bridgehead atoms. The Balaban J connectivity index is 2.59. The monoisotopic (exact) mass is 236 g/mol. The molecule has 0 atom stereocenters. The molecule has 3 nitrogen and oxygen atoms in total. The largest absolute Gasteiger partial charge is 0.268 e. The first-order valence-corrected chi connectivity index (χ1v) is 5.53. The fourth-order valence-corrected chi connectivity index (χ4v) is 1.84. The van der Waals surface area contributed by atoms with Gasteiger partial charge in [-0.15, -0.1) is 0 Å². The Hall–Kier alpha value is -1.48. The van der Waals surface area contributed by atoms with Gasteiger partial charge in [-0.1, -0.05) is 31.5 Å². The molecule has 2 rings (SSSR count). The molecule has 0 spiro atoms. The topological polar surface area (TPSA) is 37.8 Å². The van der Waals surface area contributed by atoms with E-state index in [1.54, 1.807) is 10.7 Å².